The number of hydrogen-bond acceptors (Lipinski definition) is 2. The van der Waals surface area contributed by atoms with Gasteiger partial charge in [0.25, 0.3) is 0 Å². The highest BCUT2D eigenvalue weighted by atomic mass is 35.5. The predicted molar refractivity (Wildman–Crippen MR) is 93.6 cm³/mol. The molecule has 4 heteroatoms. The van der Waals surface area contributed by atoms with Gasteiger partial charge < -0.3 is 10.4 Å². The fraction of sp³-hybridized carbons (Fsp3) is 0.333. The summed E-state index contributed by atoms with van der Waals surface area (Å²) in [5, 5.41) is 14.7. The Kier molecular flexibility index (Phi) is 6.71. The van der Waals surface area contributed by atoms with Crippen LogP contribution in [0.4, 0.5) is 0 Å². The third-order valence-electron chi connectivity index (χ3n) is 3.67. The minimum Gasteiger partial charge on any atom is -0.392 e. The van der Waals surface area contributed by atoms with Gasteiger partial charge in [0.1, 0.15) is 0 Å². The lowest BCUT2D eigenvalue weighted by atomic mass is 9.98. The lowest BCUT2D eigenvalue weighted by Crippen LogP contribution is -2.31. The van der Waals surface area contributed by atoms with E-state index in [1.165, 1.54) is 0 Å². The molecule has 2 unspecified atom stereocenters. The fourth-order valence-electron chi connectivity index (χ4n) is 2.33. The van der Waals surface area contributed by atoms with Crippen LogP contribution in [0.1, 0.15) is 30.5 Å². The van der Waals surface area contributed by atoms with Crippen molar-refractivity contribution in [2.45, 2.75) is 31.9 Å². The Morgan fingerprint density at radius 3 is 2.41 bits per heavy atom. The SMILES string of the molecule is CCC(O)CNC(Cc1cccc(Cl)c1)c1ccc(Cl)cc1. The maximum absolute atomic E-state index is 9.80. The van der Waals surface area contributed by atoms with E-state index in [-0.39, 0.29) is 12.1 Å². The summed E-state index contributed by atoms with van der Waals surface area (Å²) in [6, 6.07) is 15.8. The van der Waals surface area contributed by atoms with E-state index < -0.39 is 0 Å². The molecular formula is C18H21Cl2NO. The molecule has 0 spiro atoms. The maximum atomic E-state index is 9.80. The minimum absolute atomic E-state index is 0.108. The first-order valence-electron chi connectivity index (χ1n) is 7.50. The summed E-state index contributed by atoms with van der Waals surface area (Å²) in [7, 11) is 0. The van der Waals surface area contributed by atoms with Gasteiger partial charge >= 0.3 is 0 Å². The summed E-state index contributed by atoms with van der Waals surface area (Å²) in [6.07, 6.45) is 1.20. The van der Waals surface area contributed by atoms with Crippen LogP contribution in [-0.4, -0.2) is 17.8 Å². The standard InChI is InChI=1S/C18H21Cl2NO/c1-2-17(22)12-21-18(14-6-8-15(19)9-7-14)11-13-4-3-5-16(20)10-13/h3-10,17-18,21-22H,2,11-12H2,1H3. The summed E-state index contributed by atoms with van der Waals surface area (Å²) in [4.78, 5) is 0. The number of aliphatic hydroxyl groups is 1. The van der Waals surface area contributed by atoms with Crippen molar-refractivity contribution in [3.8, 4) is 0 Å². The first kappa shape index (κ1) is 17.3. The van der Waals surface area contributed by atoms with Gasteiger partial charge in [0, 0.05) is 22.6 Å². The van der Waals surface area contributed by atoms with Crippen LogP contribution in [-0.2, 0) is 6.42 Å². The number of aliphatic hydroxyl groups excluding tert-OH is 1. The number of rotatable bonds is 7. The Morgan fingerprint density at radius 1 is 1.05 bits per heavy atom. The lowest BCUT2D eigenvalue weighted by Gasteiger charge is -2.21. The number of nitrogens with one attached hydrogen (secondary N) is 1. The van der Waals surface area contributed by atoms with E-state index in [2.05, 4.69) is 11.4 Å². The molecule has 0 fully saturated rings. The van der Waals surface area contributed by atoms with Crippen LogP contribution in [0.3, 0.4) is 0 Å². The van der Waals surface area contributed by atoms with Gasteiger partial charge in [0.15, 0.2) is 0 Å². The zero-order valence-corrected chi connectivity index (χ0v) is 14.1. The molecule has 0 bridgehead atoms. The van der Waals surface area contributed by atoms with Crippen molar-refractivity contribution in [3.63, 3.8) is 0 Å². The van der Waals surface area contributed by atoms with Crippen LogP contribution >= 0.6 is 23.2 Å². The van der Waals surface area contributed by atoms with E-state index >= 15 is 0 Å². The second kappa shape index (κ2) is 8.54. The highest BCUT2D eigenvalue weighted by Gasteiger charge is 2.14. The second-order valence-corrected chi connectivity index (χ2v) is 6.28. The molecule has 0 heterocycles. The van der Waals surface area contributed by atoms with E-state index in [4.69, 9.17) is 23.2 Å². The Bertz CT molecular complexity index is 586. The van der Waals surface area contributed by atoms with Crippen molar-refractivity contribution in [2.24, 2.45) is 0 Å². The van der Waals surface area contributed by atoms with Gasteiger partial charge in [-0.2, -0.15) is 0 Å². The first-order chi connectivity index (χ1) is 10.6. The molecule has 2 rings (SSSR count). The molecule has 2 nitrogen and oxygen atoms in total. The molecule has 0 radical (unpaired) electrons. The lowest BCUT2D eigenvalue weighted by molar-refractivity contribution is 0.162. The normalized spacial score (nSPS) is 13.8. The molecule has 0 aliphatic heterocycles. The number of benzene rings is 2. The van der Waals surface area contributed by atoms with Crippen LogP contribution in [0.25, 0.3) is 0 Å². The minimum atomic E-state index is -0.339. The largest absolute Gasteiger partial charge is 0.392 e. The van der Waals surface area contributed by atoms with Crippen molar-refractivity contribution in [1.29, 1.82) is 0 Å². The molecule has 0 aromatic heterocycles. The zero-order chi connectivity index (χ0) is 15.9. The quantitative estimate of drug-likeness (QED) is 0.771. The predicted octanol–water partition coefficient (Wildman–Crippen LogP) is 4.64. The average Bonchev–Trinajstić information content (AvgIpc) is 2.52. The molecule has 2 aromatic carbocycles. The van der Waals surface area contributed by atoms with Gasteiger partial charge in [0.05, 0.1) is 6.10 Å². The third kappa shape index (κ3) is 5.29. The molecular weight excluding hydrogens is 317 g/mol. The van der Waals surface area contributed by atoms with Crippen LogP contribution < -0.4 is 5.32 Å². The Labute approximate surface area is 142 Å². The van der Waals surface area contributed by atoms with Crippen molar-refractivity contribution in [3.05, 3.63) is 69.7 Å². The van der Waals surface area contributed by atoms with E-state index in [0.717, 1.165) is 34.0 Å². The van der Waals surface area contributed by atoms with E-state index in [9.17, 15) is 5.11 Å². The molecule has 2 aromatic rings. The molecule has 0 amide bonds. The van der Waals surface area contributed by atoms with Crippen molar-refractivity contribution >= 4 is 23.2 Å². The zero-order valence-electron chi connectivity index (χ0n) is 12.6. The van der Waals surface area contributed by atoms with E-state index in [1.54, 1.807) is 0 Å². The highest BCUT2D eigenvalue weighted by molar-refractivity contribution is 6.30. The molecule has 0 saturated carbocycles. The van der Waals surface area contributed by atoms with Gasteiger partial charge in [-0.15, -0.1) is 0 Å². The average molecular weight is 338 g/mol. The van der Waals surface area contributed by atoms with Gasteiger partial charge in [-0.25, -0.2) is 0 Å². The van der Waals surface area contributed by atoms with Crippen molar-refractivity contribution in [2.75, 3.05) is 6.54 Å². The summed E-state index contributed by atoms with van der Waals surface area (Å²) >= 11 is 12.0. The fourth-order valence-corrected chi connectivity index (χ4v) is 2.66. The van der Waals surface area contributed by atoms with Gasteiger partial charge in [-0.05, 0) is 48.2 Å². The second-order valence-electron chi connectivity index (χ2n) is 5.41. The first-order valence-corrected chi connectivity index (χ1v) is 8.25. The van der Waals surface area contributed by atoms with E-state index in [0.29, 0.717) is 6.54 Å². The van der Waals surface area contributed by atoms with Gasteiger partial charge in [-0.1, -0.05) is 54.4 Å². The molecule has 2 atom stereocenters. The molecule has 0 aliphatic rings. The maximum Gasteiger partial charge on any atom is 0.0662 e. The molecule has 118 valence electrons. The summed E-state index contributed by atoms with van der Waals surface area (Å²) in [5.74, 6) is 0. The van der Waals surface area contributed by atoms with Crippen LogP contribution in [0.2, 0.25) is 10.0 Å². The van der Waals surface area contributed by atoms with Crippen LogP contribution in [0.5, 0.6) is 0 Å². The van der Waals surface area contributed by atoms with E-state index in [1.807, 2.05) is 49.4 Å². The number of halogens is 2. The Balaban J connectivity index is 2.15. The molecule has 0 aliphatic carbocycles. The summed E-state index contributed by atoms with van der Waals surface area (Å²) < 4.78 is 0. The topological polar surface area (TPSA) is 32.3 Å². The molecule has 2 N–H and O–H groups in total. The third-order valence-corrected chi connectivity index (χ3v) is 4.16. The molecule has 22 heavy (non-hydrogen) atoms. The van der Waals surface area contributed by atoms with Crippen molar-refractivity contribution in [1.82, 2.24) is 5.32 Å². The monoisotopic (exact) mass is 337 g/mol. The Morgan fingerprint density at radius 2 is 1.77 bits per heavy atom. The highest BCUT2D eigenvalue weighted by Crippen LogP contribution is 2.22. The Hall–Kier alpha value is -1.06. The molecule has 0 saturated heterocycles. The summed E-state index contributed by atoms with van der Waals surface area (Å²) in [6.45, 7) is 2.53. The van der Waals surface area contributed by atoms with Gasteiger partial charge in [-0.3, -0.25) is 0 Å². The number of hydrogen-bond donors (Lipinski definition) is 2. The van der Waals surface area contributed by atoms with Crippen molar-refractivity contribution < 1.29 is 5.11 Å². The van der Waals surface area contributed by atoms with Crippen LogP contribution in [0, 0.1) is 0 Å². The summed E-state index contributed by atoms with van der Waals surface area (Å²) in [5.41, 5.74) is 2.30. The van der Waals surface area contributed by atoms with Gasteiger partial charge in [0.2, 0.25) is 0 Å². The smallest absolute Gasteiger partial charge is 0.0662 e. The van der Waals surface area contributed by atoms with Crippen LogP contribution in [0.15, 0.2) is 48.5 Å².